The number of unbranched alkanes of at least 4 members (excludes halogenated alkanes) is 9. The predicted octanol–water partition coefficient (Wildman–Crippen LogP) is 5.94. The first-order chi connectivity index (χ1) is 13.7. The van der Waals surface area contributed by atoms with Crippen molar-refractivity contribution in [3.8, 4) is 23.7 Å². The molecular formula is C24H40O4. The van der Waals surface area contributed by atoms with E-state index < -0.39 is 5.97 Å². The van der Waals surface area contributed by atoms with Crippen LogP contribution in [0.2, 0.25) is 0 Å². The molecule has 0 aromatic carbocycles. The van der Waals surface area contributed by atoms with Crippen LogP contribution in [0.25, 0.3) is 0 Å². The van der Waals surface area contributed by atoms with Crippen molar-refractivity contribution in [2.45, 2.75) is 110 Å². The molecule has 0 amide bonds. The quantitative estimate of drug-likeness (QED) is 0.189. The molecule has 160 valence electrons. The molecule has 4 nitrogen and oxygen atoms in total. The molecule has 0 atom stereocenters. The van der Waals surface area contributed by atoms with Crippen LogP contribution in [-0.4, -0.2) is 30.6 Å². The fourth-order valence-corrected chi connectivity index (χ4v) is 2.63. The Morgan fingerprint density at radius 2 is 1.29 bits per heavy atom. The van der Waals surface area contributed by atoms with Crippen LogP contribution in [0.4, 0.5) is 0 Å². The Morgan fingerprint density at radius 1 is 0.750 bits per heavy atom. The van der Waals surface area contributed by atoms with Gasteiger partial charge in [0.15, 0.2) is 6.29 Å². The number of carbonyl (C=O) groups is 1. The summed E-state index contributed by atoms with van der Waals surface area (Å²) in [5.74, 6) is 11.6. The van der Waals surface area contributed by atoms with Crippen LogP contribution in [0.5, 0.6) is 0 Å². The van der Waals surface area contributed by atoms with Crippen LogP contribution in [0.3, 0.4) is 0 Å². The highest BCUT2D eigenvalue weighted by Gasteiger charge is 2.09. The van der Waals surface area contributed by atoms with Crippen molar-refractivity contribution >= 4 is 5.97 Å². The van der Waals surface area contributed by atoms with Gasteiger partial charge in [-0.25, -0.2) is 0 Å². The van der Waals surface area contributed by atoms with E-state index in [4.69, 9.17) is 14.6 Å². The summed E-state index contributed by atoms with van der Waals surface area (Å²) < 4.78 is 11.5. The van der Waals surface area contributed by atoms with Crippen molar-refractivity contribution in [1.82, 2.24) is 0 Å². The van der Waals surface area contributed by atoms with E-state index in [-0.39, 0.29) is 12.7 Å². The Morgan fingerprint density at radius 3 is 1.75 bits per heavy atom. The second kappa shape index (κ2) is 21.8. The largest absolute Gasteiger partial charge is 0.481 e. The van der Waals surface area contributed by atoms with E-state index in [1.807, 2.05) is 0 Å². The van der Waals surface area contributed by atoms with Gasteiger partial charge in [-0.15, -0.1) is 11.8 Å². The van der Waals surface area contributed by atoms with Gasteiger partial charge in [0.1, 0.15) is 13.2 Å². The maximum atomic E-state index is 10.6. The topological polar surface area (TPSA) is 55.8 Å². The smallest absolute Gasteiger partial charge is 0.303 e. The molecule has 0 aromatic heterocycles. The summed E-state index contributed by atoms with van der Waals surface area (Å²) in [5, 5.41) is 8.74. The molecule has 0 saturated carbocycles. The fraction of sp³-hybridized carbons (Fsp3) is 0.792. The maximum Gasteiger partial charge on any atom is 0.303 e. The van der Waals surface area contributed by atoms with Crippen LogP contribution in [0.1, 0.15) is 104 Å². The lowest BCUT2D eigenvalue weighted by Crippen LogP contribution is -2.18. The van der Waals surface area contributed by atoms with Crippen molar-refractivity contribution in [2.24, 2.45) is 0 Å². The van der Waals surface area contributed by atoms with E-state index in [1.54, 1.807) is 0 Å². The van der Waals surface area contributed by atoms with Gasteiger partial charge in [0, 0.05) is 19.3 Å². The lowest BCUT2D eigenvalue weighted by Gasteiger charge is -2.15. The average Bonchev–Trinajstić information content (AvgIpc) is 2.68. The number of rotatable bonds is 17. The zero-order valence-electron chi connectivity index (χ0n) is 18.1. The third kappa shape index (κ3) is 20.8. The first-order valence-electron chi connectivity index (χ1n) is 11.1. The number of carboxylic acids is 1. The third-order valence-electron chi connectivity index (χ3n) is 4.32. The number of ether oxygens (including phenoxy) is 2. The lowest BCUT2D eigenvalue weighted by molar-refractivity contribution is -0.138. The van der Waals surface area contributed by atoms with E-state index in [0.29, 0.717) is 26.1 Å². The molecule has 0 bridgehead atoms. The third-order valence-corrected chi connectivity index (χ3v) is 4.32. The van der Waals surface area contributed by atoms with Crippen LogP contribution in [0.15, 0.2) is 0 Å². The molecule has 1 N–H and O–H groups in total. The first-order valence-corrected chi connectivity index (χ1v) is 11.1. The SMILES string of the molecule is CCCCCCC#CCOC(CCCCC(=O)O)OCC#CCCCCCC. The molecule has 4 heteroatoms. The van der Waals surface area contributed by atoms with Crippen LogP contribution >= 0.6 is 0 Å². The summed E-state index contributed by atoms with van der Waals surface area (Å²) >= 11 is 0. The summed E-state index contributed by atoms with van der Waals surface area (Å²) in [4.78, 5) is 10.6. The van der Waals surface area contributed by atoms with Gasteiger partial charge in [-0.2, -0.15) is 0 Å². The second-order valence-corrected chi connectivity index (χ2v) is 7.02. The summed E-state index contributed by atoms with van der Waals surface area (Å²) in [6.45, 7) is 5.10. The van der Waals surface area contributed by atoms with Gasteiger partial charge in [0.25, 0.3) is 0 Å². The monoisotopic (exact) mass is 392 g/mol. The van der Waals surface area contributed by atoms with E-state index in [0.717, 1.165) is 32.1 Å². The molecule has 0 rings (SSSR count). The number of hydrogen-bond acceptors (Lipinski definition) is 3. The molecule has 0 radical (unpaired) electrons. The molecule has 28 heavy (non-hydrogen) atoms. The van der Waals surface area contributed by atoms with Gasteiger partial charge in [0.2, 0.25) is 0 Å². The molecule has 0 heterocycles. The highest BCUT2D eigenvalue weighted by Crippen LogP contribution is 2.09. The van der Waals surface area contributed by atoms with Gasteiger partial charge < -0.3 is 14.6 Å². The van der Waals surface area contributed by atoms with Crippen molar-refractivity contribution < 1.29 is 19.4 Å². The van der Waals surface area contributed by atoms with Gasteiger partial charge in [-0.3, -0.25) is 4.79 Å². The first kappa shape index (κ1) is 26.5. The standard InChI is InChI=1S/C24H40O4/c1-3-5-7-9-11-13-17-21-27-24(20-16-15-19-23(25)26)28-22-18-14-12-10-8-6-4-2/h24H,3-12,15-16,19-22H2,1-2H3,(H,25,26). The normalized spacial score (nSPS) is 10.2. The highest BCUT2D eigenvalue weighted by molar-refractivity contribution is 5.66. The van der Waals surface area contributed by atoms with Crippen molar-refractivity contribution in [3.63, 3.8) is 0 Å². The van der Waals surface area contributed by atoms with Gasteiger partial charge in [0.05, 0.1) is 0 Å². The lowest BCUT2D eigenvalue weighted by atomic mass is 10.2. The van der Waals surface area contributed by atoms with Crippen molar-refractivity contribution in [3.05, 3.63) is 0 Å². The Balaban J connectivity index is 4.08. The Labute approximate surface area is 172 Å². The van der Waals surface area contributed by atoms with E-state index >= 15 is 0 Å². The minimum atomic E-state index is -0.763. The Hall–Kier alpha value is -1.49. The Kier molecular flexibility index (Phi) is 20.6. The number of carboxylic acid groups (broad SMARTS) is 1. The molecule has 0 fully saturated rings. The molecule has 0 aliphatic heterocycles. The van der Waals surface area contributed by atoms with E-state index in [9.17, 15) is 4.79 Å². The fourth-order valence-electron chi connectivity index (χ4n) is 2.63. The molecule has 0 aliphatic carbocycles. The summed E-state index contributed by atoms with van der Waals surface area (Å²) in [7, 11) is 0. The summed E-state index contributed by atoms with van der Waals surface area (Å²) in [5.41, 5.74) is 0. The molecule has 0 saturated heterocycles. The number of hydrogen-bond donors (Lipinski definition) is 1. The maximum absolute atomic E-state index is 10.6. The zero-order valence-corrected chi connectivity index (χ0v) is 18.1. The molecule has 0 aliphatic rings. The van der Waals surface area contributed by atoms with Gasteiger partial charge >= 0.3 is 5.97 Å². The highest BCUT2D eigenvalue weighted by atomic mass is 16.7. The molecule has 0 aromatic rings. The minimum absolute atomic E-state index is 0.182. The second-order valence-electron chi connectivity index (χ2n) is 7.02. The minimum Gasteiger partial charge on any atom is -0.481 e. The average molecular weight is 393 g/mol. The van der Waals surface area contributed by atoms with Gasteiger partial charge in [-0.05, 0) is 32.1 Å². The zero-order chi connectivity index (χ0) is 20.7. The molecule has 0 unspecified atom stereocenters. The molecular weight excluding hydrogens is 352 g/mol. The van der Waals surface area contributed by atoms with Crippen LogP contribution in [0, 0.1) is 23.7 Å². The number of aliphatic carboxylic acids is 1. The van der Waals surface area contributed by atoms with E-state index in [1.165, 1.54) is 38.5 Å². The van der Waals surface area contributed by atoms with Crippen molar-refractivity contribution in [1.29, 1.82) is 0 Å². The van der Waals surface area contributed by atoms with Gasteiger partial charge in [-0.1, -0.05) is 64.2 Å². The predicted molar refractivity (Wildman–Crippen MR) is 115 cm³/mol. The van der Waals surface area contributed by atoms with Crippen molar-refractivity contribution in [2.75, 3.05) is 13.2 Å². The molecule has 0 spiro atoms. The van der Waals surface area contributed by atoms with Crippen LogP contribution in [-0.2, 0) is 14.3 Å². The van der Waals surface area contributed by atoms with E-state index in [2.05, 4.69) is 37.5 Å². The van der Waals surface area contributed by atoms with Crippen LogP contribution < -0.4 is 0 Å². The summed E-state index contributed by atoms with van der Waals surface area (Å²) in [6.07, 6.45) is 13.5. The Bertz CT molecular complexity index is 444. The summed E-state index contributed by atoms with van der Waals surface area (Å²) in [6, 6.07) is 0.